The number of carbonyl (C=O) groups excluding carboxylic acids is 2. The van der Waals surface area contributed by atoms with Crippen LogP contribution < -0.4 is 5.32 Å². The number of halogens is 2. The Hall–Kier alpha value is -1.06. The average molecular weight is 272 g/mol. The summed E-state index contributed by atoms with van der Waals surface area (Å²) in [7, 11) is 0. The highest BCUT2D eigenvalue weighted by Gasteiger charge is 2.56. The summed E-state index contributed by atoms with van der Waals surface area (Å²) in [6, 6.07) is 6.70. The lowest BCUT2D eigenvalue weighted by Crippen LogP contribution is -2.16. The number of anilines is 1. The van der Waals surface area contributed by atoms with Crippen molar-refractivity contribution in [3.8, 4) is 0 Å². The summed E-state index contributed by atoms with van der Waals surface area (Å²) in [5.41, 5.74) is 1.24. The van der Waals surface area contributed by atoms with E-state index in [2.05, 4.69) is 5.32 Å². The molecule has 2 rings (SSSR count). The number of alkyl halides is 2. The van der Waals surface area contributed by atoms with Gasteiger partial charge in [-0.15, -0.1) is 23.2 Å². The van der Waals surface area contributed by atoms with E-state index in [-0.39, 0.29) is 17.6 Å². The number of amides is 1. The van der Waals surface area contributed by atoms with Crippen LogP contribution in [0.2, 0.25) is 0 Å². The molecular formula is C12H11Cl2NO2. The number of ketones is 1. The lowest BCUT2D eigenvalue weighted by molar-refractivity contribution is -0.117. The van der Waals surface area contributed by atoms with E-state index in [0.29, 0.717) is 17.7 Å². The van der Waals surface area contributed by atoms with Crippen LogP contribution in [0, 0.1) is 5.92 Å². The Morgan fingerprint density at radius 1 is 1.29 bits per heavy atom. The molecule has 5 heteroatoms. The molecule has 3 nitrogen and oxygen atoms in total. The Bertz CT molecular complexity index is 468. The highest BCUT2D eigenvalue weighted by Crippen LogP contribution is 2.53. The van der Waals surface area contributed by atoms with Gasteiger partial charge in [0.25, 0.3) is 0 Å². The first-order chi connectivity index (χ1) is 7.90. The van der Waals surface area contributed by atoms with Crippen molar-refractivity contribution in [3.63, 3.8) is 0 Å². The lowest BCUT2D eigenvalue weighted by Gasteiger charge is -2.05. The van der Waals surface area contributed by atoms with Crippen molar-refractivity contribution in [2.24, 2.45) is 5.92 Å². The van der Waals surface area contributed by atoms with E-state index < -0.39 is 4.33 Å². The SMILES string of the molecule is CC(=O)c1ccc(NC(=O)[C@@H]2CC2(Cl)Cl)cc1. The maximum Gasteiger partial charge on any atom is 0.230 e. The quantitative estimate of drug-likeness (QED) is 0.679. The van der Waals surface area contributed by atoms with Gasteiger partial charge in [-0.3, -0.25) is 9.59 Å². The van der Waals surface area contributed by atoms with Crippen LogP contribution >= 0.6 is 23.2 Å². The minimum Gasteiger partial charge on any atom is -0.326 e. The van der Waals surface area contributed by atoms with Crippen molar-refractivity contribution >= 4 is 40.6 Å². The third kappa shape index (κ3) is 2.79. The van der Waals surface area contributed by atoms with Gasteiger partial charge in [0.15, 0.2) is 5.78 Å². The molecule has 0 radical (unpaired) electrons. The van der Waals surface area contributed by atoms with Gasteiger partial charge in [-0.25, -0.2) is 0 Å². The van der Waals surface area contributed by atoms with Gasteiger partial charge in [0.2, 0.25) is 5.91 Å². The van der Waals surface area contributed by atoms with E-state index in [1.54, 1.807) is 24.3 Å². The minimum absolute atomic E-state index is 0.00870. The second-order valence-corrected chi connectivity index (χ2v) is 5.68. The molecule has 1 aliphatic rings. The van der Waals surface area contributed by atoms with Gasteiger partial charge >= 0.3 is 0 Å². The first kappa shape index (κ1) is 12.4. The summed E-state index contributed by atoms with van der Waals surface area (Å²) >= 11 is 11.6. The van der Waals surface area contributed by atoms with Gasteiger partial charge < -0.3 is 5.32 Å². The highest BCUT2D eigenvalue weighted by atomic mass is 35.5. The number of nitrogens with one attached hydrogen (secondary N) is 1. The summed E-state index contributed by atoms with van der Waals surface area (Å²) in [5, 5.41) is 2.71. The second kappa shape index (κ2) is 4.31. The van der Waals surface area contributed by atoms with Crippen LogP contribution in [0.5, 0.6) is 0 Å². The van der Waals surface area contributed by atoms with E-state index in [0.717, 1.165) is 0 Å². The topological polar surface area (TPSA) is 46.2 Å². The largest absolute Gasteiger partial charge is 0.326 e. The Kier molecular flexibility index (Phi) is 3.15. The van der Waals surface area contributed by atoms with Crippen LogP contribution in [0.15, 0.2) is 24.3 Å². The summed E-state index contributed by atoms with van der Waals surface area (Å²) in [6.07, 6.45) is 0.480. The molecule has 0 saturated heterocycles. The monoisotopic (exact) mass is 271 g/mol. The molecule has 1 aliphatic carbocycles. The summed E-state index contributed by atoms with van der Waals surface area (Å²) < 4.78 is -0.913. The van der Waals surface area contributed by atoms with Gasteiger partial charge in [-0.2, -0.15) is 0 Å². The molecule has 0 aromatic heterocycles. The average Bonchev–Trinajstić information content (AvgIpc) is 2.89. The predicted octanol–water partition coefficient (Wildman–Crippen LogP) is 3.02. The predicted molar refractivity (Wildman–Crippen MR) is 67.6 cm³/mol. The number of carbonyl (C=O) groups is 2. The molecule has 0 heterocycles. The lowest BCUT2D eigenvalue weighted by atomic mass is 10.1. The Morgan fingerprint density at radius 3 is 2.24 bits per heavy atom. The second-order valence-electron chi connectivity index (χ2n) is 4.14. The maximum atomic E-state index is 11.7. The van der Waals surface area contributed by atoms with E-state index in [9.17, 15) is 9.59 Å². The molecular weight excluding hydrogens is 261 g/mol. The van der Waals surface area contributed by atoms with E-state index >= 15 is 0 Å². The van der Waals surface area contributed by atoms with Crippen LogP contribution in [0.1, 0.15) is 23.7 Å². The Balaban J connectivity index is 2.00. The molecule has 1 saturated carbocycles. The van der Waals surface area contributed by atoms with Gasteiger partial charge in [0.1, 0.15) is 4.33 Å². The fraction of sp³-hybridized carbons (Fsp3) is 0.333. The number of rotatable bonds is 3. The fourth-order valence-electron chi connectivity index (χ4n) is 1.52. The molecule has 0 aliphatic heterocycles. The summed E-state index contributed by atoms with van der Waals surface area (Å²) in [5.74, 6) is -0.547. The smallest absolute Gasteiger partial charge is 0.230 e. The van der Waals surface area contributed by atoms with Crippen LogP contribution in [-0.4, -0.2) is 16.0 Å². The number of hydrogen-bond acceptors (Lipinski definition) is 2. The zero-order chi connectivity index (χ0) is 12.6. The fourth-order valence-corrected chi connectivity index (χ4v) is 2.02. The standard InChI is InChI=1S/C12H11Cl2NO2/c1-7(16)8-2-4-9(5-3-8)15-11(17)10-6-12(10,13)14/h2-5,10H,6H2,1H3,(H,15,17)/t10-/m0/s1. The third-order valence-corrected chi connectivity index (χ3v) is 3.54. The summed E-state index contributed by atoms with van der Waals surface area (Å²) in [6.45, 7) is 1.49. The molecule has 1 atom stereocenters. The molecule has 1 aromatic rings. The van der Waals surface area contributed by atoms with Crippen molar-refractivity contribution < 1.29 is 9.59 Å². The van der Waals surface area contributed by atoms with Crippen molar-refractivity contribution in [3.05, 3.63) is 29.8 Å². The molecule has 0 unspecified atom stereocenters. The van der Waals surface area contributed by atoms with Gasteiger partial charge in [-0.05, 0) is 37.6 Å². The normalized spacial score (nSPS) is 20.8. The maximum absolute atomic E-state index is 11.7. The molecule has 0 spiro atoms. The van der Waals surface area contributed by atoms with Crippen molar-refractivity contribution in [2.45, 2.75) is 17.7 Å². The minimum atomic E-state index is -0.913. The zero-order valence-corrected chi connectivity index (χ0v) is 10.7. The number of Topliss-reactive ketones (excluding diaryl/α,β-unsaturated/α-hetero) is 1. The first-order valence-electron chi connectivity index (χ1n) is 5.20. The third-order valence-electron chi connectivity index (χ3n) is 2.70. The van der Waals surface area contributed by atoms with Crippen LogP contribution in [0.3, 0.4) is 0 Å². The molecule has 17 heavy (non-hydrogen) atoms. The molecule has 1 fully saturated rings. The first-order valence-corrected chi connectivity index (χ1v) is 5.95. The molecule has 1 aromatic carbocycles. The van der Waals surface area contributed by atoms with Crippen LogP contribution in [0.25, 0.3) is 0 Å². The van der Waals surface area contributed by atoms with Crippen LogP contribution in [-0.2, 0) is 4.79 Å². The molecule has 1 amide bonds. The highest BCUT2D eigenvalue weighted by molar-refractivity contribution is 6.52. The Morgan fingerprint density at radius 2 is 1.82 bits per heavy atom. The van der Waals surface area contributed by atoms with Gasteiger partial charge in [-0.1, -0.05) is 0 Å². The molecule has 90 valence electrons. The van der Waals surface area contributed by atoms with Crippen molar-refractivity contribution in [1.82, 2.24) is 0 Å². The van der Waals surface area contributed by atoms with E-state index in [4.69, 9.17) is 23.2 Å². The molecule has 0 bridgehead atoms. The van der Waals surface area contributed by atoms with Crippen molar-refractivity contribution in [1.29, 1.82) is 0 Å². The Labute approximate surface area is 109 Å². The van der Waals surface area contributed by atoms with Crippen LogP contribution in [0.4, 0.5) is 5.69 Å². The van der Waals surface area contributed by atoms with Crippen molar-refractivity contribution in [2.75, 3.05) is 5.32 Å². The van der Waals surface area contributed by atoms with E-state index in [1.165, 1.54) is 6.92 Å². The van der Waals surface area contributed by atoms with Gasteiger partial charge in [0.05, 0.1) is 5.92 Å². The van der Waals surface area contributed by atoms with Gasteiger partial charge in [0, 0.05) is 11.3 Å². The van der Waals surface area contributed by atoms with E-state index in [1.807, 2.05) is 0 Å². The number of hydrogen-bond donors (Lipinski definition) is 1. The zero-order valence-electron chi connectivity index (χ0n) is 9.17. The summed E-state index contributed by atoms with van der Waals surface area (Å²) in [4.78, 5) is 22.7. The number of benzene rings is 1. The molecule has 1 N–H and O–H groups in total.